The van der Waals surface area contributed by atoms with Crippen molar-refractivity contribution in [1.82, 2.24) is 4.90 Å². The van der Waals surface area contributed by atoms with Crippen LogP contribution in [0.5, 0.6) is 0 Å². The molecule has 12 heavy (non-hydrogen) atoms. The van der Waals surface area contributed by atoms with Gasteiger partial charge in [-0.2, -0.15) is 10.5 Å². The molecule has 0 N–H and O–H groups in total. The second-order valence-electron chi connectivity index (χ2n) is 2.66. The summed E-state index contributed by atoms with van der Waals surface area (Å²) in [6, 6.07) is 3.88. The van der Waals surface area contributed by atoms with E-state index in [-0.39, 0.29) is 12.5 Å². The average Bonchev–Trinajstić information content (AvgIpc) is 2.15. The molecule has 1 rings (SSSR count). The van der Waals surface area contributed by atoms with Gasteiger partial charge in [0.2, 0.25) is 0 Å². The highest BCUT2D eigenvalue weighted by molar-refractivity contribution is 4.97. The second-order valence-corrected chi connectivity index (χ2v) is 2.66. The molecule has 1 unspecified atom stereocenters. The Labute approximate surface area is 71.9 Å². The second kappa shape index (κ2) is 4.71. The van der Waals surface area contributed by atoms with Crippen molar-refractivity contribution in [2.45, 2.75) is 12.5 Å². The first-order chi connectivity index (χ1) is 5.88. The summed E-state index contributed by atoms with van der Waals surface area (Å²) < 4.78 is 5.14. The van der Waals surface area contributed by atoms with E-state index in [0.29, 0.717) is 13.2 Å². The van der Waals surface area contributed by atoms with Crippen molar-refractivity contribution in [1.29, 1.82) is 10.5 Å². The summed E-state index contributed by atoms with van der Waals surface area (Å²) in [5.74, 6) is 0. The third-order valence-electron chi connectivity index (χ3n) is 1.92. The quantitative estimate of drug-likeness (QED) is 0.583. The summed E-state index contributed by atoms with van der Waals surface area (Å²) in [6.07, 6.45) is 0.288. The molecule has 1 saturated heterocycles. The van der Waals surface area contributed by atoms with Gasteiger partial charge in [0.05, 0.1) is 31.8 Å². The Kier molecular flexibility index (Phi) is 3.53. The first-order valence-corrected chi connectivity index (χ1v) is 3.97. The van der Waals surface area contributed by atoms with E-state index >= 15 is 0 Å². The van der Waals surface area contributed by atoms with Crippen molar-refractivity contribution in [3.63, 3.8) is 0 Å². The van der Waals surface area contributed by atoms with Gasteiger partial charge in [-0.1, -0.05) is 0 Å². The summed E-state index contributed by atoms with van der Waals surface area (Å²) in [4.78, 5) is 1.99. The van der Waals surface area contributed by atoms with Crippen molar-refractivity contribution < 1.29 is 4.74 Å². The van der Waals surface area contributed by atoms with E-state index in [4.69, 9.17) is 15.3 Å². The van der Waals surface area contributed by atoms with Crippen LogP contribution in [0.25, 0.3) is 0 Å². The first-order valence-electron chi connectivity index (χ1n) is 3.97. The van der Waals surface area contributed by atoms with Gasteiger partial charge in [-0.3, -0.25) is 4.90 Å². The maximum absolute atomic E-state index is 8.73. The number of morpholine rings is 1. The number of ether oxygens (including phenoxy) is 1. The normalized spacial score (nSPS) is 20.8. The van der Waals surface area contributed by atoms with Crippen LogP contribution in [0.1, 0.15) is 6.42 Å². The van der Waals surface area contributed by atoms with Gasteiger partial charge in [-0.15, -0.1) is 0 Å². The predicted octanol–water partition coefficient (Wildman–Crippen LogP) is 0.124. The highest BCUT2D eigenvalue weighted by Crippen LogP contribution is 2.05. The van der Waals surface area contributed by atoms with Crippen LogP contribution in [0.15, 0.2) is 0 Å². The lowest BCUT2D eigenvalue weighted by molar-refractivity contribution is 0.0277. The molecule has 0 amide bonds. The average molecular weight is 165 g/mol. The molecule has 0 aromatic heterocycles. The van der Waals surface area contributed by atoms with Gasteiger partial charge >= 0.3 is 0 Å². The van der Waals surface area contributed by atoms with Gasteiger partial charge in [0.1, 0.15) is 6.04 Å². The van der Waals surface area contributed by atoms with Crippen LogP contribution in [-0.2, 0) is 4.74 Å². The molecule has 1 aliphatic heterocycles. The van der Waals surface area contributed by atoms with Crippen LogP contribution in [0.4, 0.5) is 0 Å². The van der Waals surface area contributed by atoms with Crippen LogP contribution in [0, 0.1) is 22.7 Å². The third kappa shape index (κ3) is 2.20. The van der Waals surface area contributed by atoms with Crippen molar-refractivity contribution in [2.24, 2.45) is 0 Å². The zero-order valence-corrected chi connectivity index (χ0v) is 6.86. The molecule has 4 nitrogen and oxygen atoms in total. The number of nitrogens with zero attached hydrogens (tertiary/aromatic N) is 3. The minimum absolute atomic E-state index is 0.251. The minimum Gasteiger partial charge on any atom is -0.379 e. The van der Waals surface area contributed by atoms with Gasteiger partial charge in [0.25, 0.3) is 0 Å². The Morgan fingerprint density at radius 1 is 1.33 bits per heavy atom. The standard InChI is InChI=1S/C8H11N3O/c9-2-1-8(7-10)11-3-5-12-6-4-11/h8H,1,3-6H2. The molecule has 0 bridgehead atoms. The molecule has 0 radical (unpaired) electrons. The number of nitriles is 2. The largest absolute Gasteiger partial charge is 0.379 e. The molecule has 1 aliphatic rings. The zero-order valence-electron chi connectivity index (χ0n) is 6.86. The fourth-order valence-electron chi connectivity index (χ4n) is 1.23. The first kappa shape index (κ1) is 8.99. The summed E-state index contributed by atoms with van der Waals surface area (Å²) in [5.41, 5.74) is 0. The van der Waals surface area contributed by atoms with Crippen LogP contribution < -0.4 is 0 Å². The fourth-order valence-corrected chi connectivity index (χ4v) is 1.23. The van der Waals surface area contributed by atoms with E-state index in [2.05, 4.69) is 6.07 Å². The van der Waals surface area contributed by atoms with Crippen LogP contribution >= 0.6 is 0 Å². The summed E-state index contributed by atoms with van der Waals surface area (Å²) in [6.45, 7) is 2.87. The molecule has 0 aliphatic carbocycles. The van der Waals surface area contributed by atoms with Crippen LogP contribution in [0.3, 0.4) is 0 Å². The SMILES string of the molecule is N#CCC(C#N)N1CCOCC1. The van der Waals surface area contributed by atoms with E-state index in [1.807, 2.05) is 11.0 Å². The van der Waals surface area contributed by atoms with E-state index in [9.17, 15) is 0 Å². The molecule has 4 heteroatoms. The number of hydrogen-bond acceptors (Lipinski definition) is 4. The Morgan fingerprint density at radius 2 is 2.00 bits per heavy atom. The maximum atomic E-state index is 8.73. The Balaban J connectivity index is 2.43. The molecular weight excluding hydrogens is 154 g/mol. The molecule has 1 atom stereocenters. The lowest BCUT2D eigenvalue weighted by atomic mass is 10.2. The van der Waals surface area contributed by atoms with E-state index in [0.717, 1.165) is 13.1 Å². The van der Waals surface area contributed by atoms with Crippen molar-refractivity contribution >= 4 is 0 Å². The number of rotatable bonds is 2. The molecule has 0 saturated carbocycles. The monoisotopic (exact) mass is 165 g/mol. The van der Waals surface area contributed by atoms with Crippen LogP contribution in [0.2, 0.25) is 0 Å². The van der Waals surface area contributed by atoms with Gasteiger partial charge in [0, 0.05) is 13.1 Å². The Morgan fingerprint density at radius 3 is 2.50 bits per heavy atom. The maximum Gasteiger partial charge on any atom is 0.111 e. The highest BCUT2D eigenvalue weighted by atomic mass is 16.5. The molecule has 1 fully saturated rings. The van der Waals surface area contributed by atoms with E-state index < -0.39 is 0 Å². The number of hydrogen-bond donors (Lipinski definition) is 0. The highest BCUT2D eigenvalue weighted by Gasteiger charge is 2.19. The molecule has 0 aromatic rings. The third-order valence-corrected chi connectivity index (χ3v) is 1.92. The van der Waals surface area contributed by atoms with Gasteiger partial charge in [-0.25, -0.2) is 0 Å². The topological polar surface area (TPSA) is 60.0 Å². The molecule has 64 valence electrons. The minimum atomic E-state index is -0.251. The van der Waals surface area contributed by atoms with Gasteiger partial charge < -0.3 is 4.74 Å². The lowest BCUT2D eigenvalue weighted by Gasteiger charge is -2.29. The van der Waals surface area contributed by atoms with Crippen molar-refractivity contribution in [2.75, 3.05) is 26.3 Å². The summed E-state index contributed by atoms with van der Waals surface area (Å²) in [5, 5.41) is 17.2. The van der Waals surface area contributed by atoms with E-state index in [1.54, 1.807) is 0 Å². The van der Waals surface area contributed by atoms with Gasteiger partial charge in [-0.05, 0) is 0 Å². The lowest BCUT2D eigenvalue weighted by Crippen LogP contribution is -2.42. The summed E-state index contributed by atoms with van der Waals surface area (Å²) in [7, 11) is 0. The Hall–Kier alpha value is -1.10. The smallest absolute Gasteiger partial charge is 0.111 e. The molecule has 0 aromatic carbocycles. The van der Waals surface area contributed by atoms with E-state index in [1.165, 1.54) is 0 Å². The van der Waals surface area contributed by atoms with Crippen molar-refractivity contribution in [3.8, 4) is 12.1 Å². The molecule has 0 spiro atoms. The summed E-state index contributed by atoms with van der Waals surface area (Å²) >= 11 is 0. The molecular formula is C8H11N3O. The molecule has 1 heterocycles. The van der Waals surface area contributed by atoms with Crippen molar-refractivity contribution in [3.05, 3.63) is 0 Å². The van der Waals surface area contributed by atoms with Gasteiger partial charge in [0.15, 0.2) is 0 Å². The Bertz CT molecular complexity index is 209. The predicted molar refractivity (Wildman–Crippen MR) is 42.0 cm³/mol. The van der Waals surface area contributed by atoms with Crippen LogP contribution in [-0.4, -0.2) is 37.2 Å². The zero-order chi connectivity index (χ0) is 8.81. The fraction of sp³-hybridized carbons (Fsp3) is 0.750.